The van der Waals surface area contributed by atoms with Gasteiger partial charge in [-0.2, -0.15) is 5.26 Å². The van der Waals surface area contributed by atoms with Gasteiger partial charge in [-0.1, -0.05) is 48.6 Å². The predicted octanol–water partition coefficient (Wildman–Crippen LogP) is 4.04. The number of fused-ring (bicyclic) bond motifs is 1. The van der Waals surface area contributed by atoms with Gasteiger partial charge in [0, 0.05) is 12.2 Å². The first-order chi connectivity index (χ1) is 11.2. The number of amidine groups is 1. The molecule has 0 aliphatic carbocycles. The predicted molar refractivity (Wildman–Crippen MR) is 102 cm³/mol. The van der Waals surface area contributed by atoms with Crippen LogP contribution in [-0.2, 0) is 18.4 Å². The number of rotatable bonds is 4. The Bertz CT molecular complexity index is 736. The topological polar surface area (TPSA) is 51.4 Å². The van der Waals surface area contributed by atoms with Crippen molar-refractivity contribution in [3.63, 3.8) is 0 Å². The number of hydrogen-bond acceptors (Lipinski definition) is 4. The molecule has 120 valence electrons. The molecule has 23 heavy (non-hydrogen) atoms. The van der Waals surface area contributed by atoms with Crippen LogP contribution >= 0.6 is 16.9 Å². The van der Waals surface area contributed by atoms with E-state index in [2.05, 4.69) is 22.8 Å². The minimum atomic E-state index is -1.95. The van der Waals surface area contributed by atoms with Crippen LogP contribution in [-0.4, -0.2) is 22.8 Å². The Morgan fingerprint density at radius 1 is 1.43 bits per heavy atom. The van der Waals surface area contributed by atoms with Crippen molar-refractivity contribution in [1.82, 2.24) is 9.76 Å². The molecule has 7 heteroatoms. The van der Waals surface area contributed by atoms with Gasteiger partial charge in [-0.05, 0) is 36.0 Å². The Morgan fingerprint density at radius 3 is 2.91 bits per heavy atom. The van der Waals surface area contributed by atoms with Crippen LogP contribution in [0.1, 0.15) is 25.3 Å². The Balaban J connectivity index is 1.97. The molecule has 2 heterocycles. The molecule has 0 radical (unpaired) electrons. The highest BCUT2D eigenvalue weighted by Gasteiger charge is 2.39. The first-order valence-corrected chi connectivity index (χ1v) is 12.1. The Hall–Kier alpha value is -1.28. The maximum absolute atomic E-state index is 9.62. The first-order valence-electron chi connectivity index (χ1n) is 7.71. The molecule has 1 aromatic rings. The summed E-state index contributed by atoms with van der Waals surface area (Å²) in [5.74, 6) is 1.65. The van der Waals surface area contributed by atoms with Crippen LogP contribution in [0.4, 0.5) is 0 Å². The van der Waals surface area contributed by atoms with Crippen LogP contribution in [0, 0.1) is 11.3 Å². The second-order valence-corrected chi connectivity index (χ2v) is 12.6. The highest BCUT2D eigenvalue weighted by Crippen LogP contribution is 2.63. The van der Waals surface area contributed by atoms with Crippen LogP contribution in [0.25, 0.3) is 0 Å². The van der Waals surface area contributed by atoms with Crippen molar-refractivity contribution in [2.24, 2.45) is 4.99 Å². The van der Waals surface area contributed by atoms with E-state index in [4.69, 9.17) is 16.8 Å². The second kappa shape index (κ2) is 7.09. The summed E-state index contributed by atoms with van der Waals surface area (Å²) in [5, 5.41) is 13.1. The van der Waals surface area contributed by atoms with E-state index in [-0.39, 0.29) is 0 Å². The number of aliphatic imine (C=N–C) groups is 1. The van der Waals surface area contributed by atoms with E-state index in [0.717, 1.165) is 36.4 Å². The second-order valence-electron chi connectivity index (χ2n) is 5.36. The van der Waals surface area contributed by atoms with Crippen LogP contribution < -0.4 is 5.09 Å². The highest BCUT2D eigenvalue weighted by molar-refractivity contribution is 8.69. The Morgan fingerprint density at radius 2 is 2.22 bits per heavy atom. The van der Waals surface area contributed by atoms with Crippen LogP contribution in [0.15, 0.2) is 46.6 Å². The molecular weight excluding hydrogens is 343 g/mol. The van der Waals surface area contributed by atoms with Crippen molar-refractivity contribution in [1.29, 1.82) is 5.26 Å². The van der Waals surface area contributed by atoms with E-state index >= 15 is 0 Å². The minimum Gasteiger partial charge on any atom is -0.323 e. The third-order valence-corrected chi connectivity index (χ3v) is 10.5. The summed E-state index contributed by atoms with van der Waals surface area (Å²) in [4.78, 5) is 4.69. The van der Waals surface area contributed by atoms with E-state index in [0.29, 0.717) is 18.0 Å². The van der Waals surface area contributed by atoms with Gasteiger partial charge >= 0.3 is 0 Å². The minimum absolute atomic E-state index is 0.563. The summed E-state index contributed by atoms with van der Waals surface area (Å²) in [6.45, 7) is 3.64. The maximum Gasteiger partial charge on any atom is 0.178 e. The van der Waals surface area contributed by atoms with Gasteiger partial charge in [0.25, 0.3) is 0 Å². The fraction of sp³-hybridized carbons (Fsp3) is 0.375. The lowest BCUT2D eigenvalue weighted by Crippen LogP contribution is -2.35. The van der Waals surface area contributed by atoms with Gasteiger partial charge in [-0.3, -0.25) is 4.99 Å². The number of benzene rings is 1. The molecule has 0 bridgehead atoms. The molecule has 2 aliphatic rings. The molecule has 0 saturated carbocycles. The monoisotopic (exact) mass is 362 g/mol. The average Bonchev–Trinajstić information content (AvgIpc) is 3.05. The van der Waals surface area contributed by atoms with Crippen molar-refractivity contribution < 1.29 is 0 Å². The largest absolute Gasteiger partial charge is 0.323 e. The molecule has 1 saturated heterocycles. The third-order valence-electron chi connectivity index (χ3n) is 3.86. The lowest BCUT2D eigenvalue weighted by atomic mass is 10.1. The molecule has 0 amide bonds. The van der Waals surface area contributed by atoms with Crippen LogP contribution in [0.3, 0.4) is 0 Å². The smallest absolute Gasteiger partial charge is 0.178 e. The van der Waals surface area contributed by atoms with Gasteiger partial charge in [-0.15, -0.1) is 0 Å². The van der Waals surface area contributed by atoms with E-state index in [1.54, 1.807) is 11.4 Å². The standard InChI is InChI=1S/C16H19N4PS2/c1-2-23-21(22)19-16(18-12-13-7-4-3-5-8-13)14(11-17)15-9-6-10-20(15)21/h3-5,7-8H,2,6,9-10,12H2,1H3,(H,18,19,22)/t21-/m1/s1. The van der Waals surface area contributed by atoms with E-state index in [1.807, 2.05) is 30.3 Å². The Kier molecular flexibility index (Phi) is 5.11. The lowest BCUT2D eigenvalue weighted by Gasteiger charge is -2.39. The fourth-order valence-corrected chi connectivity index (χ4v) is 9.11. The molecule has 0 aromatic heterocycles. The normalized spacial score (nSPS) is 25.2. The molecule has 3 rings (SSSR count). The first kappa shape index (κ1) is 16.6. The molecule has 1 aromatic carbocycles. The Labute approximate surface area is 146 Å². The summed E-state index contributed by atoms with van der Waals surface area (Å²) < 4.78 is 2.27. The number of nitriles is 1. The van der Waals surface area contributed by atoms with Gasteiger partial charge in [0.1, 0.15) is 17.5 Å². The van der Waals surface area contributed by atoms with Crippen molar-refractivity contribution >= 4 is 34.6 Å². The fourth-order valence-electron chi connectivity index (χ4n) is 2.85. The summed E-state index contributed by atoms with van der Waals surface area (Å²) in [6.07, 6.45) is 1.99. The zero-order valence-electron chi connectivity index (χ0n) is 13.0. The van der Waals surface area contributed by atoms with Crippen molar-refractivity contribution in [2.45, 2.75) is 26.3 Å². The van der Waals surface area contributed by atoms with Crippen molar-refractivity contribution in [3.05, 3.63) is 47.2 Å². The van der Waals surface area contributed by atoms with Crippen molar-refractivity contribution in [2.75, 3.05) is 12.3 Å². The molecule has 1 atom stereocenters. The van der Waals surface area contributed by atoms with Gasteiger partial charge in [0.05, 0.1) is 6.54 Å². The van der Waals surface area contributed by atoms with Gasteiger partial charge < -0.3 is 9.76 Å². The number of allylic oxidation sites excluding steroid dienone is 1. The van der Waals surface area contributed by atoms with Crippen LogP contribution in [0.5, 0.6) is 0 Å². The summed E-state index contributed by atoms with van der Waals surface area (Å²) in [6, 6.07) is 12.4. The molecular formula is C16H19N4PS2. The third kappa shape index (κ3) is 3.33. The lowest BCUT2D eigenvalue weighted by molar-refractivity contribution is 0.632. The van der Waals surface area contributed by atoms with Crippen LogP contribution in [0.2, 0.25) is 0 Å². The maximum atomic E-state index is 9.62. The molecule has 0 unspecified atom stereocenters. The van der Waals surface area contributed by atoms with Gasteiger partial charge in [0.15, 0.2) is 5.54 Å². The molecule has 4 nitrogen and oxygen atoms in total. The zero-order chi connectivity index (χ0) is 16.3. The highest BCUT2D eigenvalue weighted by atomic mass is 32.9. The quantitative estimate of drug-likeness (QED) is 0.819. The summed E-state index contributed by atoms with van der Waals surface area (Å²) in [7, 11) is 0. The van der Waals surface area contributed by atoms with E-state index in [9.17, 15) is 5.26 Å². The van der Waals surface area contributed by atoms with Crippen molar-refractivity contribution in [3.8, 4) is 6.07 Å². The van der Waals surface area contributed by atoms with E-state index < -0.39 is 5.54 Å². The molecule has 1 N–H and O–H groups in total. The molecule has 0 spiro atoms. The summed E-state index contributed by atoms with van der Waals surface area (Å²) >= 11 is 7.75. The molecule has 1 fully saturated rings. The summed E-state index contributed by atoms with van der Waals surface area (Å²) in [5.41, 5.74) is 0.958. The average molecular weight is 362 g/mol. The van der Waals surface area contributed by atoms with Gasteiger partial charge in [0.2, 0.25) is 0 Å². The number of hydrogen-bond donors (Lipinski definition) is 1. The molecule has 2 aliphatic heterocycles. The zero-order valence-corrected chi connectivity index (χ0v) is 15.6. The van der Waals surface area contributed by atoms with E-state index in [1.165, 1.54) is 0 Å². The number of nitrogens with one attached hydrogen (secondary N) is 1. The SMILES string of the molecule is CCS[P@]1(=S)NC(=NCc2ccccc2)C(C#N)=C2CCCN21. The number of nitrogens with zero attached hydrogens (tertiary/aromatic N) is 3. The van der Waals surface area contributed by atoms with Gasteiger partial charge in [-0.25, -0.2) is 0 Å².